The minimum absolute atomic E-state index is 0.0352. The third-order valence-electron chi connectivity index (χ3n) is 6.07. The van der Waals surface area contributed by atoms with Crippen molar-refractivity contribution < 1.29 is 23.4 Å². The Bertz CT molecular complexity index is 701. The predicted octanol–water partition coefficient (Wildman–Crippen LogP) is 5.46. The number of rotatable bonds is 14. The lowest BCUT2D eigenvalue weighted by molar-refractivity contribution is -0.127. The van der Waals surface area contributed by atoms with E-state index >= 15 is 0 Å². The maximum absolute atomic E-state index is 12.9. The number of methoxy groups -OCH3 is 1. The van der Waals surface area contributed by atoms with Gasteiger partial charge in [0.2, 0.25) is 0 Å². The number of carbonyl (C=O) groups excluding carboxylic acids is 1. The van der Waals surface area contributed by atoms with Crippen LogP contribution in [-0.2, 0) is 25.3 Å². The van der Waals surface area contributed by atoms with E-state index in [-0.39, 0.29) is 11.9 Å². The third-order valence-corrected chi connectivity index (χ3v) is 10.7. The van der Waals surface area contributed by atoms with Crippen LogP contribution in [0, 0.1) is 0 Å². The first-order valence-corrected chi connectivity index (χ1v) is 14.0. The summed E-state index contributed by atoms with van der Waals surface area (Å²) in [5.41, 5.74) is 1.00. The number of hydrogen-bond acceptors (Lipinski definition) is 5. The summed E-state index contributed by atoms with van der Waals surface area (Å²) >= 11 is 0. The molecule has 0 aliphatic carbocycles. The molecule has 0 spiro atoms. The van der Waals surface area contributed by atoms with Crippen molar-refractivity contribution in [1.29, 1.82) is 0 Å². The van der Waals surface area contributed by atoms with Crippen LogP contribution in [0.25, 0.3) is 0 Å². The van der Waals surface area contributed by atoms with Gasteiger partial charge in [0.1, 0.15) is 11.9 Å². The number of benzene rings is 1. The van der Waals surface area contributed by atoms with Gasteiger partial charge in [0.15, 0.2) is 14.1 Å². The molecule has 1 aliphatic rings. The molecule has 5 nitrogen and oxygen atoms in total. The normalized spacial score (nSPS) is 17.7. The van der Waals surface area contributed by atoms with Crippen LogP contribution in [-0.4, -0.2) is 46.6 Å². The summed E-state index contributed by atoms with van der Waals surface area (Å²) in [4.78, 5) is 12.9. The highest BCUT2D eigenvalue weighted by atomic mass is 28.4. The van der Waals surface area contributed by atoms with Crippen LogP contribution in [0.4, 0.5) is 0 Å². The molecule has 0 unspecified atom stereocenters. The second-order valence-electron chi connectivity index (χ2n) is 7.87. The van der Waals surface area contributed by atoms with Gasteiger partial charge in [-0.05, 0) is 48.3 Å². The number of carbonyl (C=O) groups is 1. The minimum Gasteiger partial charge on any atom is -0.497 e. The van der Waals surface area contributed by atoms with Crippen molar-refractivity contribution >= 4 is 14.1 Å². The van der Waals surface area contributed by atoms with E-state index in [2.05, 4.69) is 26.8 Å². The Balaban J connectivity index is 1.99. The van der Waals surface area contributed by atoms with Crippen molar-refractivity contribution in [1.82, 2.24) is 0 Å². The highest BCUT2D eigenvalue weighted by Crippen LogP contribution is 2.22. The van der Waals surface area contributed by atoms with Crippen molar-refractivity contribution in [3.63, 3.8) is 0 Å². The Morgan fingerprint density at radius 3 is 2.45 bits per heavy atom. The molecule has 1 aromatic rings. The van der Waals surface area contributed by atoms with Crippen LogP contribution in [0.1, 0.15) is 39.2 Å². The molecule has 172 valence electrons. The Morgan fingerprint density at radius 2 is 1.87 bits per heavy atom. The van der Waals surface area contributed by atoms with E-state index in [0.29, 0.717) is 26.2 Å². The Morgan fingerprint density at radius 1 is 1.16 bits per heavy atom. The fraction of sp³-hybridized carbons (Fsp3) is 0.560. The van der Waals surface area contributed by atoms with Crippen molar-refractivity contribution in [2.45, 2.75) is 70.6 Å². The summed E-state index contributed by atoms with van der Waals surface area (Å²) in [6, 6.07) is 11.0. The van der Waals surface area contributed by atoms with Gasteiger partial charge in [-0.2, -0.15) is 0 Å². The summed E-state index contributed by atoms with van der Waals surface area (Å²) < 4.78 is 23.3. The lowest BCUT2D eigenvalue weighted by atomic mass is 10.1. The van der Waals surface area contributed by atoms with Gasteiger partial charge in [-0.1, -0.05) is 51.1 Å². The van der Waals surface area contributed by atoms with Crippen molar-refractivity contribution in [3.05, 3.63) is 54.1 Å². The van der Waals surface area contributed by atoms with E-state index in [1.54, 1.807) is 13.2 Å². The van der Waals surface area contributed by atoms with Crippen LogP contribution < -0.4 is 4.74 Å². The van der Waals surface area contributed by atoms with E-state index in [4.69, 9.17) is 18.6 Å². The first-order valence-electron chi connectivity index (χ1n) is 11.4. The molecule has 0 saturated heterocycles. The molecule has 1 heterocycles. The standard InChI is InChI=1S/C25H38O5Si/c1-5-31(6-2,7-3)30-19-17-25(24(26)16-15-23-10-8-9-18-28-23)29-20-21-11-13-22(27-4)14-12-21/h8-9,11-16,23,25H,5-7,10,17-20H2,1-4H3/b16-15+/t23-,25-/m0/s1. The molecule has 2 rings (SSSR count). The number of ether oxygens (including phenoxy) is 3. The molecular formula is C25H38O5Si. The van der Waals surface area contributed by atoms with Crippen molar-refractivity contribution in [2.24, 2.45) is 0 Å². The quantitative estimate of drug-likeness (QED) is 0.216. The average Bonchev–Trinajstić information content (AvgIpc) is 2.83. The first kappa shape index (κ1) is 25.5. The lowest BCUT2D eigenvalue weighted by Crippen LogP contribution is -2.37. The van der Waals surface area contributed by atoms with Gasteiger partial charge in [-0.15, -0.1) is 0 Å². The van der Waals surface area contributed by atoms with E-state index in [9.17, 15) is 4.79 Å². The minimum atomic E-state index is -1.69. The molecule has 0 fully saturated rings. The van der Waals surface area contributed by atoms with Gasteiger partial charge in [0.25, 0.3) is 0 Å². The summed E-state index contributed by atoms with van der Waals surface area (Å²) in [5.74, 6) is 0.765. The SMILES string of the molecule is CC[Si](CC)(CC)OCC[C@H](OCc1ccc(OC)cc1)C(=O)/C=C/[C@@H]1CC=CCO1. The molecule has 6 heteroatoms. The highest BCUT2D eigenvalue weighted by Gasteiger charge is 2.29. The smallest absolute Gasteiger partial charge is 0.191 e. The summed E-state index contributed by atoms with van der Waals surface area (Å²) in [6.07, 6.45) is 8.31. The summed E-state index contributed by atoms with van der Waals surface area (Å²) in [5, 5.41) is 0. The zero-order chi connectivity index (χ0) is 22.5. The Labute approximate surface area is 188 Å². The number of hydrogen-bond donors (Lipinski definition) is 0. The lowest BCUT2D eigenvalue weighted by Gasteiger charge is -2.28. The second-order valence-corrected chi connectivity index (χ2v) is 12.6. The van der Waals surface area contributed by atoms with E-state index < -0.39 is 14.4 Å². The molecule has 0 saturated carbocycles. The molecule has 1 aliphatic heterocycles. The van der Waals surface area contributed by atoms with Crippen LogP contribution in [0.2, 0.25) is 18.1 Å². The molecule has 2 atom stereocenters. The fourth-order valence-electron chi connectivity index (χ4n) is 3.65. The van der Waals surface area contributed by atoms with Gasteiger partial charge in [-0.3, -0.25) is 4.79 Å². The molecule has 0 radical (unpaired) electrons. The zero-order valence-electron chi connectivity index (χ0n) is 19.5. The first-order chi connectivity index (χ1) is 15.1. The Hall–Kier alpha value is -1.73. The van der Waals surface area contributed by atoms with Gasteiger partial charge >= 0.3 is 0 Å². The van der Waals surface area contributed by atoms with E-state index in [1.165, 1.54) is 0 Å². The zero-order valence-corrected chi connectivity index (χ0v) is 20.5. The van der Waals surface area contributed by atoms with Gasteiger partial charge in [0, 0.05) is 13.0 Å². The molecule has 0 bridgehead atoms. The van der Waals surface area contributed by atoms with Crippen LogP contribution in [0.5, 0.6) is 5.75 Å². The second kappa shape index (κ2) is 13.6. The Kier molecular flexibility index (Phi) is 11.2. The van der Waals surface area contributed by atoms with Gasteiger partial charge in [-0.25, -0.2) is 0 Å². The van der Waals surface area contributed by atoms with Gasteiger partial charge in [0.05, 0.1) is 26.4 Å². The maximum Gasteiger partial charge on any atom is 0.191 e. The predicted molar refractivity (Wildman–Crippen MR) is 127 cm³/mol. The topological polar surface area (TPSA) is 54.0 Å². The van der Waals surface area contributed by atoms with E-state index in [1.807, 2.05) is 36.4 Å². The maximum atomic E-state index is 12.9. The molecule has 31 heavy (non-hydrogen) atoms. The summed E-state index contributed by atoms with van der Waals surface area (Å²) in [7, 11) is -0.0446. The monoisotopic (exact) mass is 446 g/mol. The van der Waals surface area contributed by atoms with E-state index in [0.717, 1.165) is 35.9 Å². The third kappa shape index (κ3) is 8.37. The van der Waals surface area contributed by atoms with Crippen molar-refractivity contribution in [2.75, 3.05) is 20.3 Å². The van der Waals surface area contributed by atoms with Crippen LogP contribution >= 0.6 is 0 Å². The number of ketones is 1. The van der Waals surface area contributed by atoms with Crippen LogP contribution in [0.3, 0.4) is 0 Å². The van der Waals surface area contributed by atoms with Gasteiger partial charge < -0.3 is 18.6 Å². The van der Waals surface area contributed by atoms with Crippen LogP contribution in [0.15, 0.2) is 48.6 Å². The fourth-order valence-corrected chi connectivity index (χ4v) is 6.32. The average molecular weight is 447 g/mol. The molecule has 0 amide bonds. The largest absolute Gasteiger partial charge is 0.497 e. The molecule has 0 N–H and O–H groups in total. The molecule has 1 aromatic carbocycles. The summed E-state index contributed by atoms with van der Waals surface area (Å²) in [6.45, 7) is 8.15. The molecule has 0 aromatic heterocycles. The molecular weight excluding hydrogens is 408 g/mol. The highest BCUT2D eigenvalue weighted by molar-refractivity contribution is 6.73. The van der Waals surface area contributed by atoms with Crippen molar-refractivity contribution in [3.8, 4) is 5.75 Å².